The summed E-state index contributed by atoms with van der Waals surface area (Å²) in [6.07, 6.45) is 0. The van der Waals surface area contributed by atoms with E-state index >= 15 is 0 Å². The number of primary sulfonamides is 1. The molecule has 2 atom stereocenters. The van der Waals surface area contributed by atoms with E-state index in [1.54, 1.807) is 4.90 Å². The number of likely N-dealkylation sites (tertiary alicyclic amines) is 1. The molecule has 2 fully saturated rings. The van der Waals surface area contributed by atoms with E-state index in [9.17, 15) is 13.2 Å². The molecule has 18 heavy (non-hydrogen) atoms. The summed E-state index contributed by atoms with van der Waals surface area (Å²) in [6, 6.07) is 0. The smallest absolute Gasteiger partial charge is 0.233 e. The Labute approximate surface area is 108 Å². The molecule has 2 N–H and O–H groups in total. The van der Waals surface area contributed by atoms with Crippen LogP contribution in [0.2, 0.25) is 0 Å². The molecule has 2 heterocycles. The summed E-state index contributed by atoms with van der Waals surface area (Å²) in [4.78, 5) is 14.0. The van der Waals surface area contributed by atoms with Crippen molar-refractivity contribution in [1.29, 1.82) is 0 Å². The zero-order valence-electron chi connectivity index (χ0n) is 10.8. The summed E-state index contributed by atoms with van der Waals surface area (Å²) >= 11 is 0. The summed E-state index contributed by atoms with van der Waals surface area (Å²) in [5.74, 6) is 0.119. The normalized spacial score (nSPS) is 31.2. The van der Waals surface area contributed by atoms with Crippen LogP contribution in [0.15, 0.2) is 0 Å². The standard InChI is InChI=1S/C11H20N2O4S/c1-8-3-13(4-9(8)5-18(12,15)16)10(14)11(2)6-17-7-11/h8-9H,3-7H2,1-2H3,(H2,12,15,16)/t8-,9+/m1/s1. The summed E-state index contributed by atoms with van der Waals surface area (Å²) in [6.45, 7) is 5.84. The summed E-state index contributed by atoms with van der Waals surface area (Å²) < 4.78 is 27.3. The number of ether oxygens (including phenoxy) is 1. The lowest BCUT2D eigenvalue weighted by Gasteiger charge is -2.39. The number of hydrogen-bond donors (Lipinski definition) is 1. The Bertz CT molecular complexity index is 444. The number of amides is 1. The lowest BCUT2D eigenvalue weighted by molar-refractivity contribution is -0.167. The SMILES string of the molecule is C[C@@H]1CN(C(=O)C2(C)COC2)C[C@H]1CS(N)(=O)=O. The predicted octanol–water partition coefficient (Wildman–Crippen LogP) is -0.594. The maximum atomic E-state index is 12.3. The first-order chi connectivity index (χ1) is 8.21. The van der Waals surface area contributed by atoms with Crippen LogP contribution >= 0.6 is 0 Å². The summed E-state index contributed by atoms with van der Waals surface area (Å²) in [7, 11) is -3.48. The molecule has 0 bridgehead atoms. The topological polar surface area (TPSA) is 89.7 Å². The van der Waals surface area contributed by atoms with Gasteiger partial charge in [0.05, 0.1) is 24.4 Å². The van der Waals surface area contributed by atoms with Gasteiger partial charge < -0.3 is 9.64 Å². The largest absolute Gasteiger partial charge is 0.379 e. The molecule has 0 unspecified atom stereocenters. The molecule has 2 aliphatic rings. The molecule has 2 saturated heterocycles. The molecule has 0 radical (unpaired) electrons. The van der Waals surface area contributed by atoms with Crippen molar-refractivity contribution in [3.8, 4) is 0 Å². The van der Waals surface area contributed by atoms with Gasteiger partial charge in [-0.2, -0.15) is 0 Å². The lowest BCUT2D eigenvalue weighted by atomic mass is 9.87. The second kappa shape index (κ2) is 4.47. The first kappa shape index (κ1) is 13.8. The molecule has 0 aliphatic carbocycles. The Morgan fingerprint density at radius 1 is 1.44 bits per heavy atom. The molecule has 0 aromatic heterocycles. The van der Waals surface area contributed by atoms with Gasteiger partial charge >= 0.3 is 0 Å². The average molecular weight is 276 g/mol. The van der Waals surface area contributed by atoms with Crippen LogP contribution in [0.4, 0.5) is 0 Å². The van der Waals surface area contributed by atoms with Gasteiger partial charge in [0.15, 0.2) is 0 Å². The van der Waals surface area contributed by atoms with Crippen molar-refractivity contribution in [2.75, 3.05) is 32.1 Å². The monoisotopic (exact) mass is 276 g/mol. The van der Waals surface area contributed by atoms with E-state index in [1.807, 2.05) is 13.8 Å². The fraction of sp³-hybridized carbons (Fsp3) is 0.909. The van der Waals surface area contributed by atoms with Crippen molar-refractivity contribution in [2.24, 2.45) is 22.4 Å². The molecule has 0 aromatic carbocycles. The molecule has 1 amide bonds. The number of carbonyl (C=O) groups is 1. The molecule has 0 saturated carbocycles. The Morgan fingerprint density at radius 2 is 2.06 bits per heavy atom. The number of rotatable bonds is 3. The molecule has 7 heteroatoms. The molecular formula is C11H20N2O4S. The van der Waals surface area contributed by atoms with Crippen molar-refractivity contribution in [3.63, 3.8) is 0 Å². The lowest BCUT2D eigenvalue weighted by Crippen LogP contribution is -2.53. The van der Waals surface area contributed by atoms with Crippen LogP contribution in [0, 0.1) is 17.3 Å². The minimum atomic E-state index is -3.48. The number of nitrogens with zero attached hydrogens (tertiary/aromatic N) is 1. The van der Waals surface area contributed by atoms with E-state index in [-0.39, 0.29) is 23.5 Å². The third-order valence-corrected chi connectivity index (χ3v) is 4.75. The molecule has 0 aromatic rings. The van der Waals surface area contributed by atoms with Crippen LogP contribution < -0.4 is 5.14 Å². The number of sulfonamides is 1. The fourth-order valence-corrected chi connectivity index (χ4v) is 3.66. The van der Waals surface area contributed by atoms with E-state index in [2.05, 4.69) is 0 Å². The Hall–Kier alpha value is -0.660. The third-order valence-electron chi connectivity index (χ3n) is 3.86. The van der Waals surface area contributed by atoms with Gasteiger partial charge in [-0.05, 0) is 18.8 Å². The Balaban J connectivity index is 2.00. The van der Waals surface area contributed by atoms with Crippen LogP contribution in [-0.4, -0.2) is 51.3 Å². The van der Waals surface area contributed by atoms with Crippen LogP contribution in [0.3, 0.4) is 0 Å². The number of nitrogens with two attached hydrogens (primary N) is 1. The second-order valence-corrected chi connectivity index (χ2v) is 7.49. The van der Waals surface area contributed by atoms with Gasteiger partial charge in [0.2, 0.25) is 15.9 Å². The highest BCUT2D eigenvalue weighted by Gasteiger charge is 2.46. The minimum absolute atomic E-state index is 0.0504. The van der Waals surface area contributed by atoms with Crippen molar-refractivity contribution in [2.45, 2.75) is 13.8 Å². The van der Waals surface area contributed by atoms with Crippen molar-refractivity contribution < 1.29 is 17.9 Å². The number of carbonyl (C=O) groups excluding carboxylic acids is 1. The van der Waals surface area contributed by atoms with Gasteiger partial charge in [0.25, 0.3) is 0 Å². The fourth-order valence-electron chi connectivity index (χ4n) is 2.63. The zero-order chi connectivity index (χ0) is 13.6. The van der Waals surface area contributed by atoms with E-state index in [4.69, 9.17) is 9.88 Å². The predicted molar refractivity (Wildman–Crippen MR) is 66.1 cm³/mol. The van der Waals surface area contributed by atoms with Crippen molar-refractivity contribution >= 4 is 15.9 Å². The van der Waals surface area contributed by atoms with Gasteiger partial charge in [0.1, 0.15) is 0 Å². The molecule has 6 nitrogen and oxygen atoms in total. The van der Waals surface area contributed by atoms with Crippen LogP contribution in [-0.2, 0) is 19.6 Å². The highest BCUT2D eigenvalue weighted by molar-refractivity contribution is 7.89. The summed E-state index contributed by atoms with van der Waals surface area (Å²) in [5.41, 5.74) is -0.420. The quantitative estimate of drug-likeness (QED) is 0.746. The first-order valence-electron chi connectivity index (χ1n) is 6.09. The molecule has 2 aliphatic heterocycles. The zero-order valence-corrected chi connectivity index (χ0v) is 11.6. The van der Waals surface area contributed by atoms with E-state index < -0.39 is 15.4 Å². The average Bonchev–Trinajstić information content (AvgIpc) is 2.53. The molecule has 0 spiro atoms. The van der Waals surface area contributed by atoms with Gasteiger partial charge in [-0.1, -0.05) is 6.92 Å². The maximum absolute atomic E-state index is 12.3. The number of hydrogen-bond acceptors (Lipinski definition) is 4. The first-order valence-corrected chi connectivity index (χ1v) is 7.80. The van der Waals surface area contributed by atoms with Gasteiger partial charge in [-0.15, -0.1) is 0 Å². The van der Waals surface area contributed by atoms with Crippen molar-refractivity contribution in [1.82, 2.24) is 4.90 Å². The highest BCUT2D eigenvalue weighted by Crippen LogP contribution is 2.33. The van der Waals surface area contributed by atoms with E-state index in [1.165, 1.54) is 0 Å². The summed E-state index contributed by atoms with van der Waals surface area (Å²) in [5, 5.41) is 5.07. The molecule has 104 valence electrons. The van der Waals surface area contributed by atoms with Crippen LogP contribution in [0.1, 0.15) is 13.8 Å². The minimum Gasteiger partial charge on any atom is -0.379 e. The van der Waals surface area contributed by atoms with E-state index in [0.29, 0.717) is 26.3 Å². The van der Waals surface area contributed by atoms with Crippen LogP contribution in [0.25, 0.3) is 0 Å². The van der Waals surface area contributed by atoms with Gasteiger partial charge in [0, 0.05) is 13.1 Å². The highest BCUT2D eigenvalue weighted by atomic mass is 32.2. The maximum Gasteiger partial charge on any atom is 0.233 e. The Morgan fingerprint density at radius 3 is 2.50 bits per heavy atom. The van der Waals surface area contributed by atoms with Gasteiger partial charge in [-0.25, -0.2) is 13.6 Å². The third kappa shape index (κ3) is 2.67. The van der Waals surface area contributed by atoms with E-state index in [0.717, 1.165) is 0 Å². The molecular weight excluding hydrogens is 256 g/mol. The molecule has 2 rings (SSSR count). The van der Waals surface area contributed by atoms with Gasteiger partial charge in [-0.3, -0.25) is 4.79 Å². The Kier molecular flexibility index (Phi) is 3.42. The van der Waals surface area contributed by atoms with Crippen LogP contribution in [0.5, 0.6) is 0 Å². The second-order valence-electron chi connectivity index (χ2n) is 5.83. The van der Waals surface area contributed by atoms with Crippen molar-refractivity contribution in [3.05, 3.63) is 0 Å².